The third-order valence-corrected chi connectivity index (χ3v) is 6.83. The number of primary amides is 1. The molecule has 0 radical (unpaired) electrons. The molecule has 1 fully saturated rings. The molecule has 1 aromatic carbocycles. The number of hydrogen-bond acceptors (Lipinski definition) is 7. The van der Waals surface area contributed by atoms with E-state index < -0.39 is 65.1 Å². The van der Waals surface area contributed by atoms with E-state index >= 15 is 0 Å². The largest absolute Gasteiger partial charge is 0.459 e. The van der Waals surface area contributed by atoms with Gasteiger partial charge in [-0.05, 0) is 37.2 Å². The molecule has 1 heterocycles. The third-order valence-electron chi connectivity index (χ3n) is 6.83. The van der Waals surface area contributed by atoms with Crippen LogP contribution in [-0.4, -0.2) is 71.1 Å². The Labute approximate surface area is 234 Å². The molecule has 12 nitrogen and oxygen atoms in total. The van der Waals surface area contributed by atoms with Gasteiger partial charge >= 0.3 is 12.0 Å². The van der Waals surface area contributed by atoms with Crippen molar-refractivity contribution in [3.8, 4) is 0 Å². The number of carbonyl (C=O) groups excluding carboxylic acids is 6. The van der Waals surface area contributed by atoms with Gasteiger partial charge in [0.15, 0.2) is 0 Å². The number of nitrogens with one attached hydrogen (secondary N) is 3. The number of Topliss-reactive ketones (excluding diaryl/α,β-unsaturated/α-hetero) is 1. The van der Waals surface area contributed by atoms with Crippen LogP contribution < -0.4 is 21.7 Å². The summed E-state index contributed by atoms with van der Waals surface area (Å²) in [7, 11) is 0. The number of benzene rings is 1. The number of nitrogens with zero attached hydrogens (tertiary/aromatic N) is 1. The number of ketones is 1. The summed E-state index contributed by atoms with van der Waals surface area (Å²) in [4.78, 5) is 76.6. The highest BCUT2D eigenvalue weighted by atomic mass is 16.5. The summed E-state index contributed by atoms with van der Waals surface area (Å²) in [6.07, 6.45) is 1.15. The van der Waals surface area contributed by atoms with Crippen molar-refractivity contribution in [3.63, 3.8) is 0 Å². The van der Waals surface area contributed by atoms with Crippen molar-refractivity contribution < 1.29 is 33.5 Å². The van der Waals surface area contributed by atoms with E-state index in [1.807, 2.05) is 37.3 Å². The first-order valence-corrected chi connectivity index (χ1v) is 13.3. The molecule has 2 rings (SSSR count). The third kappa shape index (κ3) is 8.52. The van der Waals surface area contributed by atoms with Crippen molar-refractivity contribution in [1.29, 1.82) is 0 Å². The highest BCUT2D eigenvalue weighted by Gasteiger charge is 2.46. The Balaban J connectivity index is 2.13. The predicted molar refractivity (Wildman–Crippen MR) is 146 cm³/mol. The summed E-state index contributed by atoms with van der Waals surface area (Å²) in [5, 5.41) is 7.67. The summed E-state index contributed by atoms with van der Waals surface area (Å²) in [5.74, 6) is -4.01. The Kier molecular flexibility index (Phi) is 10.8. The molecule has 220 valence electrons. The molecule has 0 bridgehead atoms. The van der Waals surface area contributed by atoms with E-state index in [9.17, 15) is 28.8 Å². The maximum atomic E-state index is 13.8. The van der Waals surface area contributed by atoms with Gasteiger partial charge in [-0.25, -0.2) is 9.59 Å². The van der Waals surface area contributed by atoms with Gasteiger partial charge in [0.05, 0.1) is 6.54 Å². The zero-order chi connectivity index (χ0) is 30.3. The molecule has 1 saturated heterocycles. The molecule has 0 saturated carbocycles. The van der Waals surface area contributed by atoms with Gasteiger partial charge in [0.1, 0.15) is 24.2 Å². The Morgan fingerprint density at radius 1 is 1.05 bits per heavy atom. The Morgan fingerprint density at radius 2 is 1.68 bits per heavy atom. The highest BCUT2D eigenvalue weighted by molar-refractivity contribution is 6.36. The number of rotatable bonds is 11. The normalized spacial score (nSPS) is 17.9. The predicted octanol–water partition coefficient (Wildman–Crippen LogP) is 1.02. The van der Waals surface area contributed by atoms with Crippen LogP contribution in [0, 0.1) is 11.3 Å². The van der Waals surface area contributed by atoms with E-state index in [1.165, 1.54) is 18.7 Å². The van der Waals surface area contributed by atoms with E-state index in [4.69, 9.17) is 10.5 Å². The quantitative estimate of drug-likeness (QED) is 0.231. The fraction of sp³-hybridized carbons (Fsp3) is 0.571. The van der Waals surface area contributed by atoms with Crippen molar-refractivity contribution in [2.45, 2.75) is 78.6 Å². The maximum absolute atomic E-state index is 13.8. The van der Waals surface area contributed by atoms with Gasteiger partial charge < -0.3 is 31.3 Å². The van der Waals surface area contributed by atoms with Crippen LogP contribution in [0.5, 0.6) is 0 Å². The average molecular weight is 560 g/mol. The van der Waals surface area contributed by atoms with Crippen LogP contribution in [-0.2, 0) is 35.3 Å². The Bertz CT molecular complexity index is 1110. The van der Waals surface area contributed by atoms with E-state index in [1.54, 1.807) is 20.8 Å². The van der Waals surface area contributed by atoms with Crippen LogP contribution >= 0.6 is 0 Å². The molecule has 5 N–H and O–H groups in total. The zero-order valence-corrected chi connectivity index (χ0v) is 24.0. The van der Waals surface area contributed by atoms with Crippen LogP contribution in [0.15, 0.2) is 30.3 Å². The van der Waals surface area contributed by atoms with Crippen LogP contribution in [0.2, 0.25) is 0 Å². The van der Waals surface area contributed by atoms with Crippen LogP contribution in [0.1, 0.15) is 59.9 Å². The number of nitrogens with two attached hydrogens (primary N) is 1. The van der Waals surface area contributed by atoms with Gasteiger partial charge in [-0.2, -0.15) is 0 Å². The Morgan fingerprint density at radius 3 is 2.23 bits per heavy atom. The number of hydrogen-bond donors (Lipinski definition) is 4. The van der Waals surface area contributed by atoms with E-state index in [0.29, 0.717) is 12.8 Å². The highest BCUT2D eigenvalue weighted by Crippen LogP contribution is 2.31. The molecule has 0 aromatic heterocycles. The smallest absolute Gasteiger partial charge is 0.331 e. The summed E-state index contributed by atoms with van der Waals surface area (Å²) in [6.45, 7) is 9.92. The van der Waals surface area contributed by atoms with Gasteiger partial charge in [0, 0.05) is 6.54 Å². The first-order chi connectivity index (χ1) is 18.6. The van der Waals surface area contributed by atoms with E-state index in [0.717, 1.165) is 5.56 Å². The van der Waals surface area contributed by atoms with Crippen LogP contribution in [0.4, 0.5) is 4.79 Å². The lowest BCUT2D eigenvalue weighted by Crippen LogP contribution is -2.62. The van der Waals surface area contributed by atoms with Gasteiger partial charge in [0.25, 0.3) is 5.91 Å². The number of likely N-dealkylation sites (tertiary alicyclic amines) is 1. The molecule has 1 aromatic rings. The number of amides is 5. The second-order valence-electron chi connectivity index (χ2n) is 11.5. The Hall–Kier alpha value is -3.96. The first-order valence-electron chi connectivity index (χ1n) is 13.3. The molecule has 1 aliphatic heterocycles. The second-order valence-corrected chi connectivity index (χ2v) is 11.5. The molecule has 5 amide bonds. The van der Waals surface area contributed by atoms with Crippen LogP contribution in [0.3, 0.4) is 0 Å². The average Bonchev–Trinajstić information content (AvgIpc) is 3.32. The fourth-order valence-corrected chi connectivity index (χ4v) is 4.47. The lowest BCUT2D eigenvalue weighted by Gasteiger charge is -2.36. The minimum absolute atomic E-state index is 0.0392. The van der Waals surface area contributed by atoms with Gasteiger partial charge in [-0.1, -0.05) is 64.4 Å². The van der Waals surface area contributed by atoms with Crippen molar-refractivity contribution in [2.75, 3.05) is 13.1 Å². The molecular formula is C28H41N5O7. The topological polar surface area (TPSA) is 177 Å². The number of ether oxygens (including phenoxy) is 1. The van der Waals surface area contributed by atoms with Gasteiger partial charge in [-0.3, -0.25) is 19.2 Å². The summed E-state index contributed by atoms with van der Waals surface area (Å²) >= 11 is 0. The fourth-order valence-electron chi connectivity index (χ4n) is 4.47. The summed E-state index contributed by atoms with van der Waals surface area (Å²) < 4.78 is 5.36. The van der Waals surface area contributed by atoms with Gasteiger partial charge in [0.2, 0.25) is 17.6 Å². The lowest BCUT2D eigenvalue weighted by molar-refractivity contribution is -0.151. The van der Waals surface area contributed by atoms with Crippen molar-refractivity contribution in [3.05, 3.63) is 35.9 Å². The minimum Gasteiger partial charge on any atom is -0.459 e. The minimum atomic E-state index is -1.40. The van der Waals surface area contributed by atoms with E-state index in [2.05, 4.69) is 16.0 Å². The van der Waals surface area contributed by atoms with E-state index in [-0.39, 0.29) is 19.1 Å². The summed E-state index contributed by atoms with van der Waals surface area (Å²) in [6, 6.07) is 6.41. The summed E-state index contributed by atoms with van der Waals surface area (Å²) in [5.41, 5.74) is 3.59. The standard InChI is InChI=1S/C28H41N5O7/c1-7-18-13-14-33(20(18)23(36)30-15-19(34)22(29)35)24(37)21(27(2,3)4)31-26(39)32-28(5,6)25(38)40-16-17-11-9-8-10-12-17/h8-12,18,20-21H,7,13-16H2,1-6H3,(H2,29,35)(H,30,36)(H2,31,32,39)/t18-,20-,21+/m0/s1. The van der Waals surface area contributed by atoms with Crippen LogP contribution in [0.25, 0.3) is 0 Å². The van der Waals surface area contributed by atoms with Crippen molar-refractivity contribution in [1.82, 2.24) is 20.9 Å². The molecular weight excluding hydrogens is 518 g/mol. The molecule has 3 atom stereocenters. The van der Waals surface area contributed by atoms with Gasteiger partial charge in [-0.15, -0.1) is 0 Å². The molecule has 0 spiro atoms. The molecule has 40 heavy (non-hydrogen) atoms. The molecule has 0 aliphatic carbocycles. The number of carbonyl (C=O) groups is 6. The second kappa shape index (κ2) is 13.4. The SMILES string of the molecule is CC[C@H]1CCN(C(=O)[C@@H](NC(=O)NC(C)(C)C(=O)OCc2ccccc2)C(C)(C)C)[C@@H]1C(=O)NCC(=O)C(N)=O. The monoisotopic (exact) mass is 559 g/mol. The van der Waals surface area contributed by atoms with Crippen molar-refractivity contribution in [2.24, 2.45) is 17.1 Å². The number of esters is 1. The maximum Gasteiger partial charge on any atom is 0.331 e. The molecule has 12 heteroatoms. The molecule has 0 unspecified atom stereocenters. The van der Waals surface area contributed by atoms with Crippen molar-refractivity contribution >= 4 is 35.5 Å². The number of urea groups is 1. The lowest BCUT2D eigenvalue weighted by atomic mass is 9.85. The first kappa shape index (κ1) is 32.3. The zero-order valence-electron chi connectivity index (χ0n) is 24.0. The molecule has 1 aliphatic rings.